The summed E-state index contributed by atoms with van der Waals surface area (Å²) in [5.74, 6) is 0.130. The van der Waals surface area contributed by atoms with Crippen molar-refractivity contribution in [3.8, 4) is 5.75 Å². The highest BCUT2D eigenvalue weighted by atomic mass is 35.5. The highest BCUT2D eigenvalue weighted by Crippen LogP contribution is 2.21. The fourth-order valence-electron chi connectivity index (χ4n) is 2.21. The Morgan fingerprint density at radius 3 is 2.42 bits per heavy atom. The van der Waals surface area contributed by atoms with Gasteiger partial charge in [-0.05, 0) is 55.8 Å². The number of carbonyl (C=O) groups is 1. The molecule has 2 rings (SSSR count). The molecule has 0 bridgehead atoms. The summed E-state index contributed by atoms with van der Waals surface area (Å²) in [7, 11) is -2.43. The number of benzene rings is 2. The molecule has 0 atom stereocenters. The number of aryl methyl sites for hydroxylation is 1. The summed E-state index contributed by atoms with van der Waals surface area (Å²) >= 11 is 6.02. The molecule has 1 N–H and O–H groups in total. The maximum atomic E-state index is 12.6. The van der Waals surface area contributed by atoms with Gasteiger partial charge >= 0.3 is 0 Å². The topological polar surface area (TPSA) is 75.7 Å². The van der Waals surface area contributed by atoms with Crippen LogP contribution < -0.4 is 10.1 Å². The predicted molar refractivity (Wildman–Crippen MR) is 102 cm³/mol. The van der Waals surface area contributed by atoms with Crippen LogP contribution in [-0.4, -0.2) is 38.8 Å². The van der Waals surface area contributed by atoms with Gasteiger partial charge in [-0.25, -0.2) is 8.42 Å². The summed E-state index contributed by atoms with van der Waals surface area (Å²) in [6, 6.07) is 11.2. The second kappa shape index (κ2) is 8.53. The zero-order valence-corrected chi connectivity index (χ0v) is 16.4. The number of rotatable bonds is 7. The molecule has 26 heavy (non-hydrogen) atoms. The van der Waals surface area contributed by atoms with Gasteiger partial charge in [0, 0.05) is 17.8 Å². The van der Waals surface area contributed by atoms with Crippen LogP contribution in [0.5, 0.6) is 5.75 Å². The zero-order valence-electron chi connectivity index (χ0n) is 14.8. The molecule has 0 aliphatic carbocycles. The Labute approximate surface area is 158 Å². The number of hydrogen-bond donors (Lipinski definition) is 1. The molecule has 0 unspecified atom stereocenters. The molecule has 0 saturated heterocycles. The summed E-state index contributed by atoms with van der Waals surface area (Å²) in [4.78, 5) is 12.2. The van der Waals surface area contributed by atoms with Crippen molar-refractivity contribution >= 4 is 33.2 Å². The lowest BCUT2D eigenvalue weighted by molar-refractivity contribution is -0.116. The quantitative estimate of drug-likeness (QED) is 0.779. The van der Waals surface area contributed by atoms with Crippen molar-refractivity contribution in [1.29, 1.82) is 0 Å². The number of sulfonamides is 1. The van der Waals surface area contributed by atoms with Gasteiger partial charge in [-0.15, -0.1) is 0 Å². The van der Waals surface area contributed by atoms with Crippen LogP contribution in [0.1, 0.15) is 12.5 Å². The van der Waals surface area contributed by atoms with E-state index in [4.69, 9.17) is 16.3 Å². The maximum absolute atomic E-state index is 12.6. The van der Waals surface area contributed by atoms with Crippen LogP contribution in [0.3, 0.4) is 0 Å². The fraction of sp³-hybridized carbons (Fsp3) is 0.278. The predicted octanol–water partition coefficient (Wildman–Crippen LogP) is 3.31. The molecule has 140 valence electrons. The molecule has 0 radical (unpaired) electrons. The molecule has 0 aliphatic rings. The molecule has 0 aliphatic heterocycles. The molecular formula is C18H21ClN2O4S. The third-order valence-electron chi connectivity index (χ3n) is 3.66. The maximum Gasteiger partial charge on any atom is 0.243 e. The summed E-state index contributed by atoms with van der Waals surface area (Å²) < 4.78 is 31.4. The van der Waals surface area contributed by atoms with Gasteiger partial charge in [0.2, 0.25) is 15.9 Å². The van der Waals surface area contributed by atoms with Crippen molar-refractivity contribution in [2.24, 2.45) is 0 Å². The van der Waals surface area contributed by atoms with E-state index in [1.807, 2.05) is 13.8 Å². The summed E-state index contributed by atoms with van der Waals surface area (Å²) in [6.07, 6.45) is 0. The summed E-state index contributed by atoms with van der Waals surface area (Å²) in [5.41, 5.74) is 1.40. The minimum Gasteiger partial charge on any atom is -0.494 e. The van der Waals surface area contributed by atoms with Crippen LogP contribution in [-0.2, 0) is 14.8 Å². The number of carbonyl (C=O) groups excluding carboxylic acids is 1. The van der Waals surface area contributed by atoms with E-state index in [9.17, 15) is 13.2 Å². The molecule has 0 aromatic heterocycles. The molecule has 6 nitrogen and oxygen atoms in total. The van der Waals surface area contributed by atoms with Crippen LogP contribution in [0.15, 0.2) is 47.4 Å². The van der Waals surface area contributed by atoms with E-state index >= 15 is 0 Å². The molecule has 8 heteroatoms. The van der Waals surface area contributed by atoms with E-state index < -0.39 is 15.9 Å². The Morgan fingerprint density at radius 2 is 1.85 bits per heavy atom. The number of ether oxygens (including phenoxy) is 1. The van der Waals surface area contributed by atoms with E-state index in [2.05, 4.69) is 5.32 Å². The molecule has 2 aromatic rings. The summed E-state index contributed by atoms with van der Waals surface area (Å²) in [6.45, 7) is 3.87. The van der Waals surface area contributed by atoms with E-state index in [0.29, 0.717) is 23.1 Å². The number of amides is 1. The molecule has 0 heterocycles. The van der Waals surface area contributed by atoms with Gasteiger partial charge in [0.1, 0.15) is 5.75 Å². The molecular weight excluding hydrogens is 376 g/mol. The van der Waals surface area contributed by atoms with Crippen LogP contribution in [0.2, 0.25) is 5.02 Å². The second-order valence-electron chi connectivity index (χ2n) is 5.68. The van der Waals surface area contributed by atoms with Crippen molar-refractivity contribution in [3.63, 3.8) is 0 Å². The summed E-state index contributed by atoms with van der Waals surface area (Å²) in [5, 5.41) is 3.17. The van der Waals surface area contributed by atoms with E-state index in [0.717, 1.165) is 9.87 Å². The minimum absolute atomic E-state index is 0.0923. The highest BCUT2D eigenvalue weighted by molar-refractivity contribution is 7.89. The minimum atomic E-state index is -3.78. The Hall–Kier alpha value is -2.09. The first-order valence-electron chi connectivity index (χ1n) is 7.99. The van der Waals surface area contributed by atoms with Gasteiger partial charge in [0.05, 0.1) is 18.0 Å². The van der Waals surface area contributed by atoms with Gasteiger partial charge in [-0.2, -0.15) is 4.31 Å². The van der Waals surface area contributed by atoms with E-state index in [1.165, 1.54) is 19.2 Å². The monoisotopic (exact) mass is 396 g/mol. The number of nitrogens with one attached hydrogen (secondary N) is 1. The van der Waals surface area contributed by atoms with Crippen LogP contribution >= 0.6 is 11.6 Å². The van der Waals surface area contributed by atoms with E-state index in [1.54, 1.807) is 30.3 Å². The van der Waals surface area contributed by atoms with Gasteiger partial charge in [-0.1, -0.05) is 17.7 Å². The van der Waals surface area contributed by atoms with Crippen molar-refractivity contribution in [1.82, 2.24) is 4.31 Å². The number of anilines is 1. The van der Waals surface area contributed by atoms with Gasteiger partial charge in [-0.3, -0.25) is 4.79 Å². The first-order chi connectivity index (χ1) is 12.2. The highest BCUT2D eigenvalue weighted by Gasteiger charge is 2.23. The van der Waals surface area contributed by atoms with Gasteiger partial charge in [0.25, 0.3) is 0 Å². The Morgan fingerprint density at radius 1 is 1.19 bits per heavy atom. The molecule has 0 saturated carbocycles. The van der Waals surface area contributed by atoms with Crippen molar-refractivity contribution in [3.05, 3.63) is 53.1 Å². The van der Waals surface area contributed by atoms with E-state index in [-0.39, 0.29) is 11.4 Å². The Bertz CT molecular complexity index is 883. The average molecular weight is 397 g/mol. The zero-order chi connectivity index (χ0) is 19.3. The average Bonchev–Trinajstić information content (AvgIpc) is 2.59. The lowest BCUT2D eigenvalue weighted by atomic mass is 10.2. The van der Waals surface area contributed by atoms with Crippen molar-refractivity contribution < 1.29 is 17.9 Å². The van der Waals surface area contributed by atoms with Gasteiger partial charge in [0.15, 0.2) is 0 Å². The Balaban J connectivity index is 2.05. The van der Waals surface area contributed by atoms with Crippen molar-refractivity contribution in [2.45, 2.75) is 18.7 Å². The standard InChI is InChI=1S/C18H21ClN2O4S/c1-4-25-15-7-9-16(10-8-15)26(23,24)21(3)12-18(22)20-14-6-5-13(2)17(19)11-14/h5-11H,4,12H2,1-3H3,(H,20,22). The number of halogens is 1. The molecule has 2 aromatic carbocycles. The molecule has 0 spiro atoms. The lowest BCUT2D eigenvalue weighted by Crippen LogP contribution is -2.34. The lowest BCUT2D eigenvalue weighted by Gasteiger charge is -2.17. The third kappa shape index (κ3) is 4.97. The molecule has 0 fully saturated rings. The van der Waals surface area contributed by atoms with Crippen LogP contribution in [0.4, 0.5) is 5.69 Å². The second-order valence-corrected chi connectivity index (χ2v) is 8.13. The number of likely N-dealkylation sites (N-methyl/N-ethyl adjacent to an activating group) is 1. The largest absolute Gasteiger partial charge is 0.494 e. The normalized spacial score (nSPS) is 11.4. The Kier molecular flexibility index (Phi) is 6.63. The third-order valence-corrected chi connectivity index (χ3v) is 5.89. The van der Waals surface area contributed by atoms with Crippen LogP contribution in [0.25, 0.3) is 0 Å². The number of hydrogen-bond acceptors (Lipinski definition) is 4. The number of nitrogens with zero attached hydrogens (tertiary/aromatic N) is 1. The van der Waals surface area contributed by atoms with Crippen LogP contribution in [0, 0.1) is 6.92 Å². The first-order valence-corrected chi connectivity index (χ1v) is 9.81. The fourth-order valence-corrected chi connectivity index (χ4v) is 3.52. The van der Waals surface area contributed by atoms with Gasteiger partial charge < -0.3 is 10.1 Å². The SMILES string of the molecule is CCOc1ccc(S(=O)(=O)N(C)CC(=O)Nc2ccc(C)c(Cl)c2)cc1. The molecule has 1 amide bonds. The smallest absolute Gasteiger partial charge is 0.243 e. The van der Waals surface area contributed by atoms with Crippen molar-refractivity contribution in [2.75, 3.05) is 25.5 Å². The first kappa shape index (κ1) is 20.2.